The summed E-state index contributed by atoms with van der Waals surface area (Å²) in [4.78, 5) is 32.0. The minimum absolute atomic E-state index is 0.00155. The number of benzene rings is 1. The van der Waals surface area contributed by atoms with Crippen LogP contribution in [-0.2, 0) is 17.8 Å². The van der Waals surface area contributed by atoms with Crippen LogP contribution in [0.4, 0.5) is 0 Å². The number of fused-ring (bicyclic) bond motifs is 2. The van der Waals surface area contributed by atoms with Crippen molar-refractivity contribution >= 4 is 16.8 Å². The van der Waals surface area contributed by atoms with Crippen molar-refractivity contribution in [3.05, 3.63) is 34.4 Å². The Bertz CT molecular complexity index is 905. The standard InChI is InChI=1S/C21H27N3O3/c1-15-7-4-6-11-23(15)20(25)14-27-16-9-10-18-17(13-16)21(26)24-12-5-2-3-8-19(24)22-18/h9-10,13,15H,2-8,11-12,14H2,1H3/t15-/m0/s1. The van der Waals surface area contributed by atoms with Gasteiger partial charge in [-0.3, -0.25) is 14.2 Å². The summed E-state index contributed by atoms with van der Waals surface area (Å²) < 4.78 is 7.54. The number of hydrogen-bond donors (Lipinski definition) is 0. The van der Waals surface area contributed by atoms with Crippen molar-refractivity contribution in [2.24, 2.45) is 0 Å². The monoisotopic (exact) mass is 369 g/mol. The van der Waals surface area contributed by atoms with E-state index in [0.29, 0.717) is 16.7 Å². The predicted octanol–water partition coefficient (Wildman–Crippen LogP) is 2.90. The van der Waals surface area contributed by atoms with Crippen molar-refractivity contribution in [3.8, 4) is 5.75 Å². The van der Waals surface area contributed by atoms with E-state index >= 15 is 0 Å². The molecule has 1 aromatic heterocycles. The van der Waals surface area contributed by atoms with Crippen LogP contribution >= 0.6 is 0 Å². The smallest absolute Gasteiger partial charge is 0.261 e. The summed E-state index contributed by atoms with van der Waals surface area (Å²) in [5.74, 6) is 1.44. The van der Waals surface area contributed by atoms with Gasteiger partial charge in [0.05, 0.1) is 10.9 Å². The molecule has 1 fully saturated rings. The van der Waals surface area contributed by atoms with Gasteiger partial charge in [-0.05, 0) is 57.2 Å². The van der Waals surface area contributed by atoms with Crippen LogP contribution in [0.1, 0.15) is 51.3 Å². The van der Waals surface area contributed by atoms with Crippen molar-refractivity contribution in [1.29, 1.82) is 0 Å². The molecule has 0 spiro atoms. The van der Waals surface area contributed by atoms with Crippen molar-refractivity contribution < 1.29 is 9.53 Å². The summed E-state index contributed by atoms with van der Waals surface area (Å²) in [5.41, 5.74) is 0.704. The summed E-state index contributed by atoms with van der Waals surface area (Å²) in [6.45, 7) is 3.63. The van der Waals surface area contributed by atoms with Crippen molar-refractivity contribution in [3.63, 3.8) is 0 Å². The number of aromatic nitrogens is 2. The highest BCUT2D eigenvalue weighted by Crippen LogP contribution is 2.21. The maximum atomic E-state index is 12.9. The van der Waals surface area contributed by atoms with E-state index in [4.69, 9.17) is 4.74 Å². The number of aryl methyl sites for hydroxylation is 1. The lowest BCUT2D eigenvalue weighted by atomic mass is 10.0. The van der Waals surface area contributed by atoms with Crippen molar-refractivity contribution in [2.75, 3.05) is 13.2 Å². The van der Waals surface area contributed by atoms with Crippen LogP contribution in [0, 0.1) is 0 Å². The molecule has 1 atom stereocenters. The Hall–Kier alpha value is -2.37. The van der Waals surface area contributed by atoms with Crippen LogP contribution < -0.4 is 10.3 Å². The number of carbonyl (C=O) groups excluding carboxylic acids is 1. The second kappa shape index (κ2) is 7.71. The van der Waals surface area contributed by atoms with Gasteiger partial charge >= 0.3 is 0 Å². The Kier molecular flexibility index (Phi) is 5.14. The van der Waals surface area contributed by atoms with Crippen LogP contribution in [0.2, 0.25) is 0 Å². The topological polar surface area (TPSA) is 64.4 Å². The number of ether oxygens (including phenoxy) is 1. The predicted molar refractivity (Wildman–Crippen MR) is 104 cm³/mol. The van der Waals surface area contributed by atoms with Gasteiger partial charge < -0.3 is 9.64 Å². The fraction of sp³-hybridized carbons (Fsp3) is 0.571. The fourth-order valence-electron chi connectivity index (χ4n) is 4.18. The molecule has 0 unspecified atom stereocenters. The Morgan fingerprint density at radius 3 is 2.89 bits per heavy atom. The number of amides is 1. The van der Waals surface area contributed by atoms with Gasteiger partial charge in [-0.25, -0.2) is 4.98 Å². The average Bonchev–Trinajstić information content (AvgIpc) is 2.92. The second-order valence-corrected chi connectivity index (χ2v) is 7.70. The van der Waals surface area contributed by atoms with E-state index in [9.17, 15) is 9.59 Å². The largest absolute Gasteiger partial charge is 0.484 e. The van der Waals surface area contributed by atoms with Gasteiger partial charge in [0.15, 0.2) is 6.61 Å². The first-order valence-electron chi connectivity index (χ1n) is 10.1. The maximum absolute atomic E-state index is 12.9. The third-order valence-corrected chi connectivity index (χ3v) is 5.77. The molecule has 3 heterocycles. The van der Waals surface area contributed by atoms with Crippen LogP contribution in [0.5, 0.6) is 5.75 Å². The third-order valence-electron chi connectivity index (χ3n) is 5.77. The number of nitrogens with zero attached hydrogens (tertiary/aromatic N) is 3. The van der Waals surface area contributed by atoms with Gasteiger partial charge in [-0.15, -0.1) is 0 Å². The molecular weight excluding hydrogens is 342 g/mol. The van der Waals surface area contributed by atoms with Gasteiger partial charge in [0.2, 0.25) is 0 Å². The van der Waals surface area contributed by atoms with Gasteiger partial charge in [-0.2, -0.15) is 0 Å². The number of hydrogen-bond acceptors (Lipinski definition) is 4. The molecule has 4 rings (SSSR count). The molecule has 0 bridgehead atoms. The molecule has 0 saturated carbocycles. The SMILES string of the molecule is C[C@H]1CCCCN1C(=O)COc1ccc2nc3n(c(=O)c2c1)CCCCC3. The average molecular weight is 369 g/mol. The highest BCUT2D eigenvalue weighted by molar-refractivity contribution is 5.80. The third kappa shape index (κ3) is 3.70. The minimum atomic E-state index is -0.00155. The molecule has 1 saturated heterocycles. The lowest BCUT2D eigenvalue weighted by molar-refractivity contribution is -0.136. The molecule has 1 amide bonds. The summed E-state index contributed by atoms with van der Waals surface area (Å²) in [6, 6.07) is 5.63. The van der Waals surface area contributed by atoms with Crippen LogP contribution in [-0.4, -0.2) is 39.6 Å². The van der Waals surface area contributed by atoms with Gasteiger partial charge in [0.1, 0.15) is 11.6 Å². The number of likely N-dealkylation sites (tertiary alicyclic amines) is 1. The second-order valence-electron chi connectivity index (χ2n) is 7.70. The van der Waals surface area contributed by atoms with Crippen LogP contribution in [0.15, 0.2) is 23.0 Å². The lowest BCUT2D eigenvalue weighted by Crippen LogP contribution is -2.44. The Morgan fingerprint density at radius 2 is 2.04 bits per heavy atom. The number of carbonyl (C=O) groups is 1. The minimum Gasteiger partial charge on any atom is -0.484 e. The van der Waals surface area contributed by atoms with Crippen LogP contribution in [0.25, 0.3) is 10.9 Å². The van der Waals surface area contributed by atoms with Crippen molar-refractivity contribution in [2.45, 2.75) is 64.5 Å². The molecule has 6 heteroatoms. The Labute approximate surface area is 159 Å². The highest BCUT2D eigenvalue weighted by atomic mass is 16.5. The van der Waals surface area contributed by atoms with Crippen LogP contribution in [0.3, 0.4) is 0 Å². The molecule has 144 valence electrons. The molecule has 0 N–H and O–H groups in total. The first-order valence-corrected chi connectivity index (χ1v) is 10.1. The van der Waals surface area contributed by atoms with E-state index in [2.05, 4.69) is 11.9 Å². The molecule has 2 aliphatic heterocycles. The summed E-state index contributed by atoms with van der Waals surface area (Å²) in [5, 5.41) is 0.567. The zero-order valence-corrected chi connectivity index (χ0v) is 15.9. The van der Waals surface area contributed by atoms with Gasteiger partial charge in [-0.1, -0.05) is 6.42 Å². The molecule has 1 aromatic carbocycles. The van der Waals surface area contributed by atoms with E-state index < -0.39 is 0 Å². The quantitative estimate of drug-likeness (QED) is 0.834. The number of piperidine rings is 1. The fourth-order valence-corrected chi connectivity index (χ4v) is 4.18. The molecule has 2 aliphatic rings. The summed E-state index contributed by atoms with van der Waals surface area (Å²) in [7, 11) is 0. The van der Waals surface area contributed by atoms with E-state index in [-0.39, 0.29) is 24.1 Å². The molecule has 0 aliphatic carbocycles. The van der Waals surface area contributed by atoms with E-state index in [1.165, 1.54) is 6.42 Å². The Morgan fingerprint density at radius 1 is 1.19 bits per heavy atom. The summed E-state index contributed by atoms with van der Waals surface area (Å²) >= 11 is 0. The number of rotatable bonds is 3. The van der Waals surface area contributed by atoms with E-state index in [1.807, 2.05) is 11.0 Å². The van der Waals surface area contributed by atoms with E-state index in [0.717, 1.165) is 57.4 Å². The maximum Gasteiger partial charge on any atom is 0.261 e. The molecule has 27 heavy (non-hydrogen) atoms. The molecular formula is C21H27N3O3. The van der Waals surface area contributed by atoms with Crippen molar-refractivity contribution in [1.82, 2.24) is 14.5 Å². The zero-order chi connectivity index (χ0) is 18.8. The van der Waals surface area contributed by atoms with Gasteiger partial charge in [0, 0.05) is 25.6 Å². The molecule has 6 nitrogen and oxygen atoms in total. The normalized spacial score (nSPS) is 20.2. The molecule has 0 radical (unpaired) electrons. The molecule has 2 aromatic rings. The van der Waals surface area contributed by atoms with Gasteiger partial charge in [0.25, 0.3) is 11.5 Å². The van der Waals surface area contributed by atoms with E-state index in [1.54, 1.807) is 16.7 Å². The first-order chi connectivity index (χ1) is 13.1. The first kappa shape index (κ1) is 18.0. The zero-order valence-electron chi connectivity index (χ0n) is 15.9. The Balaban J connectivity index is 1.54. The lowest BCUT2D eigenvalue weighted by Gasteiger charge is -2.33. The summed E-state index contributed by atoms with van der Waals surface area (Å²) in [6.07, 6.45) is 7.36. The highest BCUT2D eigenvalue weighted by Gasteiger charge is 2.23.